The number of aliphatic carboxylic acids is 1. The fourth-order valence-electron chi connectivity index (χ4n) is 2.23. The molecule has 0 aromatic carbocycles. The van der Waals surface area contributed by atoms with Crippen LogP contribution in [0.25, 0.3) is 5.65 Å². The van der Waals surface area contributed by atoms with E-state index in [1.807, 2.05) is 13.8 Å². The van der Waals surface area contributed by atoms with Gasteiger partial charge in [-0.15, -0.1) is 0 Å². The number of carbonyl (C=O) groups excluding carboxylic acids is 1. The van der Waals surface area contributed by atoms with E-state index < -0.39 is 23.5 Å². The number of carboxylic acids is 1. The lowest BCUT2D eigenvalue weighted by Crippen LogP contribution is -2.46. The molecular weight excluding hydrogens is 298 g/mol. The van der Waals surface area contributed by atoms with Gasteiger partial charge >= 0.3 is 5.97 Å². The molecule has 0 fully saturated rings. The minimum atomic E-state index is -1.13. The fraction of sp³-hybridized carbons (Fsp3) is 0.375. The molecule has 2 aromatic heterocycles. The van der Waals surface area contributed by atoms with E-state index in [1.165, 1.54) is 10.6 Å². The number of fused-ring (bicyclic) bond motifs is 1. The van der Waals surface area contributed by atoms with Gasteiger partial charge in [0, 0.05) is 12.4 Å². The van der Waals surface area contributed by atoms with Crippen molar-refractivity contribution in [1.82, 2.24) is 14.7 Å². The molecule has 0 aliphatic heterocycles. The number of hydrogen-bond donors (Lipinski definition) is 2. The van der Waals surface area contributed by atoms with Gasteiger partial charge in [0.05, 0.1) is 0 Å². The van der Waals surface area contributed by atoms with Crippen LogP contribution in [-0.4, -0.2) is 32.4 Å². The summed E-state index contributed by atoms with van der Waals surface area (Å²) in [6, 6.07) is 2.41. The lowest BCUT2D eigenvalue weighted by Gasteiger charge is -2.19. The molecule has 0 radical (unpaired) electrons. The number of hydrogen-bond acceptors (Lipinski definition) is 4. The number of nitrogens with one attached hydrogen (secondary N) is 1. The summed E-state index contributed by atoms with van der Waals surface area (Å²) in [5, 5.41) is 11.6. The summed E-state index contributed by atoms with van der Waals surface area (Å²) in [7, 11) is 0. The van der Waals surface area contributed by atoms with Crippen LogP contribution in [0.2, 0.25) is 0 Å². The molecule has 0 saturated heterocycles. The quantitative estimate of drug-likeness (QED) is 0.864. The molecule has 0 unspecified atom stereocenters. The van der Waals surface area contributed by atoms with Crippen LogP contribution < -0.4 is 10.9 Å². The number of pyridine rings is 1. The SMILES string of the molecule is CC[C@H](C)[C@H](NC(=O)c1cnc2cc(C)ccn2c1=O)C(=O)O. The van der Waals surface area contributed by atoms with E-state index in [9.17, 15) is 19.5 Å². The standard InChI is InChI=1S/C16H19N3O4/c1-4-10(3)13(16(22)23)18-14(20)11-8-17-12-7-9(2)5-6-19(12)15(11)21/h5-8,10,13H,4H2,1-3H3,(H,18,20)(H,22,23)/t10-,13-/m0/s1. The first kappa shape index (κ1) is 16.7. The van der Waals surface area contributed by atoms with Crippen molar-refractivity contribution in [1.29, 1.82) is 0 Å². The molecule has 0 aliphatic carbocycles. The maximum Gasteiger partial charge on any atom is 0.326 e. The molecular formula is C16H19N3O4. The molecule has 2 N–H and O–H groups in total. The summed E-state index contributed by atoms with van der Waals surface area (Å²) >= 11 is 0. The predicted molar refractivity (Wildman–Crippen MR) is 84.5 cm³/mol. The largest absolute Gasteiger partial charge is 0.480 e. The summed E-state index contributed by atoms with van der Waals surface area (Å²) in [6.07, 6.45) is 3.31. The molecule has 0 bridgehead atoms. The van der Waals surface area contributed by atoms with E-state index in [2.05, 4.69) is 10.3 Å². The van der Waals surface area contributed by atoms with Gasteiger partial charge in [0.2, 0.25) is 0 Å². The second kappa shape index (κ2) is 6.60. The second-order valence-corrected chi connectivity index (χ2v) is 5.58. The number of aryl methyl sites for hydroxylation is 1. The monoisotopic (exact) mass is 317 g/mol. The topological polar surface area (TPSA) is 101 Å². The Morgan fingerprint density at radius 2 is 2.13 bits per heavy atom. The molecule has 7 nitrogen and oxygen atoms in total. The molecule has 122 valence electrons. The van der Waals surface area contributed by atoms with Crippen LogP contribution in [0.15, 0.2) is 29.3 Å². The number of amides is 1. The maximum absolute atomic E-state index is 12.4. The first-order chi connectivity index (χ1) is 10.8. The maximum atomic E-state index is 12.4. The Balaban J connectivity index is 2.38. The highest BCUT2D eigenvalue weighted by molar-refractivity contribution is 5.96. The van der Waals surface area contributed by atoms with Crippen LogP contribution in [0, 0.1) is 12.8 Å². The molecule has 23 heavy (non-hydrogen) atoms. The molecule has 2 aromatic rings. The number of rotatable bonds is 5. The van der Waals surface area contributed by atoms with Gasteiger partial charge in [-0.05, 0) is 30.5 Å². The van der Waals surface area contributed by atoms with Gasteiger partial charge in [0.1, 0.15) is 17.3 Å². The molecule has 0 aliphatic rings. The summed E-state index contributed by atoms with van der Waals surface area (Å²) in [5.41, 5.74) is 0.668. The number of nitrogens with zero attached hydrogens (tertiary/aromatic N) is 2. The van der Waals surface area contributed by atoms with E-state index in [4.69, 9.17) is 0 Å². The number of carbonyl (C=O) groups is 2. The zero-order chi connectivity index (χ0) is 17.1. The van der Waals surface area contributed by atoms with E-state index in [-0.39, 0.29) is 11.5 Å². The smallest absolute Gasteiger partial charge is 0.326 e. The lowest BCUT2D eigenvalue weighted by atomic mass is 9.99. The summed E-state index contributed by atoms with van der Waals surface area (Å²) < 4.78 is 1.26. The normalized spacial score (nSPS) is 13.5. The Kier molecular flexibility index (Phi) is 4.78. The lowest BCUT2D eigenvalue weighted by molar-refractivity contribution is -0.140. The minimum absolute atomic E-state index is 0.180. The highest BCUT2D eigenvalue weighted by Crippen LogP contribution is 2.09. The van der Waals surface area contributed by atoms with E-state index >= 15 is 0 Å². The summed E-state index contributed by atoms with van der Waals surface area (Å²) in [5.74, 6) is -2.11. The third kappa shape index (κ3) is 3.39. The Hall–Kier alpha value is -2.70. The van der Waals surface area contributed by atoms with Gasteiger partial charge in [0.25, 0.3) is 11.5 Å². The van der Waals surface area contributed by atoms with E-state index in [1.54, 1.807) is 25.3 Å². The highest BCUT2D eigenvalue weighted by Gasteiger charge is 2.27. The van der Waals surface area contributed by atoms with Gasteiger partial charge in [0.15, 0.2) is 0 Å². The second-order valence-electron chi connectivity index (χ2n) is 5.58. The fourth-order valence-corrected chi connectivity index (χ4v) is 2.23. The first-order valence-electron chi connectivity index (χ1n) is 7.36. The molecule has 0 saturated carbocycles. The van der Waals surface area contributed by atoms with Crippen molar-refractivity contribution in [2.24, 2.45) is 5.92 Å². The van der Waals surface area contributed by atoms with Crippen LogP contribution in [0.3, 0.4) is 0 Å². The molecule has 0 spiro atoms. The van der Waals surface area contributed by atoms with E-state index in [0.29, 0.717) is 12.1 Å². The molecule has 1 amide bonds. The van der Waals surface area contributed by atoms with Crippen molar-refractivity contribution in [3.8, 4) is 0 Å². The summed E-state index contributed by atoms with van der Waals surface area (Å²) in [6.45, 7) is 5.44. The number of aromatic nitrogens is 2. The zero-order valence-corrected chi connectivity index (χ0v) is 13.2. The van der Waals surface area contributed by atoms with Crippen molar-refractivity contribution < 1.29 is 14.7 Å². The average molecular weight is 317 g/mol. The van der Waals surface area contributed by atoms with Gasteiger partial charge in [-0.1, -0.05) is 20.3 Å². The predicted octanol–water partition coefficient (Wildman–Crippen LogP) is 1.23. The van der Waals surface area contributed by atoms with Crippen LogP contribution in [-0.2, 0) is 4.79 Å². The van der Waals surface area contributed by atoms with Gasteiger partial charge < -0.3 is 10.4 Å². The van der Waals surface area contributed by atoms with Crippen LogP contribution >= 0.6 is 0 Å². The van der Waals surface area contributed by atoms with Crippen LogP contribution in [0.5, 0.6) is 0 Å². The number of carboxylic acid groups (broad SMARTS) is 1. The van der Waals surface area contributed by atoms with Crippen LogP contribution in [0.1, 0.15) is 36.2 Å². The van der Waals surface area contributed by atoms with Gasteiger partial charge in [-0.2, -0.15) is 0 Å². The molecule has 7 heteroatoms. The third-order valence-electron chi connectivity index (χ3n) is 3.88. The average Bonchev–Trinajstić information content (AvgIpc) is 2.51. The Labute approximate surface area is 133 Å². The Morgan fingerprint density at radius 1 is 1.43 bits per heavy atom. The highest BCUT2D eigenvalue weighted by atomic mass is 16.4. The zero-order valence-electron chi connectivity index (χ0n) is 13.2. The van der Waals surface area contributed by atoms with Crippen molar-refractivity contribution in [3.63, 3.8) is 0 Å². The van der Waals surface area contributed by atoms with Crippen molar-refractivity contribution in [2.75, 3.05) is 0 Å². The molecule has 2 heterocycles. The Morgan fingerprint density at radius 3 is 2.74 bits per heavy atom. The first-order valence-corrected chi connectivity index (χ1v) is 7.36. The van der Waals surface area contributed by atoms with Crippen LogP contribution in [0.4, 0.5) is 0 Å². The third-order valence-corrected chi connectivity index (χ3v) is 3.88. The van der Waals surface area contributed by atoms with Gasteiger partial charge in [-0.3, -0.25) is 14.0 Å². The van der Waals surface area contributed by atoms with Gasteiger partial charge in [-0.25, -0.2) is 9.78 Å². The summed E-state index contributed by atoms with van der Waals surface area (Å²) in [4.78, 5) is 40.1. The molecule has 2 rings (SSSR count). The van der Waals surface area contributed by atoms with E-state index in [0.717, 1.165) is 5.56 Å². The minimum Gasteiger partial charge on any atom is -0.480 e. The Bertz CT molecular complexity index is 813. The molecule has 2 atom stereocenters. The van der Waals surface area contributed by atoms with Crippen molar-refractivity contribution in [3.05, 3.63) is 46.0 Å². The van der Waals surface area contributed by atoms with Crippen molar-refractivity contribution in [2.45, 2.75) is 33.2 Å². The van der Waals surface area contributed by atoms with Crippen molar-refractivity contribution >= 4 is 17.5 Å².